The molecule has 3 rings (SSSR count). The molecule has 1 saturated heterocycles. The maximum Gasteiger partial charge on any atom is 0.224 e. The average Bonchev–Trinajstić information content (AvgIpc) is 3.25. The first-order chi connectivity index (χ1) is 14.2. The highest BCUT2D eigenvalue weighted by molar-refractivity contribution is 7.11. The second-order valence-corrected chi connectivity index (χ2v) is 8.28. The molecule has 1 aliphatic rings. The number of anilines is 1. The van der Waals surface area contributed by atoms with E-state index in [0.717, 1.165) is 45.1 Å². The van der Waals surface area contributed by atoms with Crippen LogP contribution in [0.25, 0.3) is 0 Å². The summed E-state index contributed by atoms with van der Waals surface area (Å²) in [6.07, 6.45) is 1.55. The number of amides is 1. The summed E-state index contributed by atoms with van der Waals surface area (Å²) in [6.45, 7) is 6.82. The molecule has 0 atom stereocenters. The predicted molar refractivity (Wildman–Crippen MR) is 122 cm³/mol. The third-order valence-electron chi connectivity index (χ3n) is 5.10. The molecule has 1 aromatic carbocycles. The number of hydrogen-bond donors (Lipinski definition) is 2. The van der Waals surface area contributed by atoms with Crippen molar-refractivity contribution in [1.29, 1.82) is 0 Å². The summed E-state index contributed by atoms with van der Waals surface area (Å²) in [4.78, 5) is 23.8. The Morgan fingerprint density at radius 2 is 1.76 bits per heavy atom. The van der Waals surface area contributed by atoms with Crippen molar-refractivity contribution in [3.63, 3.8) is 0 Å². The number of nitrogens with one attached hydrogen (secondary N) is 2. The summed E-state index contributed by atoms with van der Waals surface area (Å²) < 4.78 is 0. The van der Waals surface area contributed by atoms with Gasteiger partial charge in [-0.3, -0.25) is 9.79 Å². The number of aryl methyl sites for hydroxylation is 1. The van der Waals surface area contributed by atoms with Crippen LogP contribution in [0.15, 0.2) is 47.5 Å². The summed E-state index contributed by atoms with van der Waals surface area (Å²) in [6, 6.07) is 14.7. The molecular formula is C22H31N5OS. The smallest absolute Gasteiger partial charge is 0.224 e. The molecule has 0 radical (unpaired) electrons. The Hall–Kier alpha value is -2.54. The van der Waals surface area contributed by atoms with E-state index < -0.39 is 0 Å². The van der Waals surface area contributed by atoms with Crippen molar-refractivity contribution in [3.8, 4) is 0 Å². The molecule has 1 fully saturated rings. The highest BCUT2D eigenvalue weighted by Crippen LogP contribution is 2.17. The number of aliphatic imine (C=N–C) groups is 1. The third-order valence-corrected chi connectivity index (χ3v) is 6.33. The van der Waals surface area contributed by atoms with Crippen LogP contribution in [0.1, 0.15) is 23.1 Å². The Morgan fingerprint density at radius 3 is 2.41 bits per heavy atom. The van der Waals surface area contributed by atoms with Crippen molar-refractivity contribution in [3.05, 3.63) is 52.2 Å². The van der Waals surface area contributed by atoms with E-state index in [4.69, 9.17) is 0 Å². The van der Waals surface area contributed by atoms with Gasteiger partial charge in [0.25, 0.3) is 0 Å². The first kappa shape index (κ1) is 21.2. The molecule has 6 nitrogen and oxygen atoms in total. The second kappa shape index (κ2) is 10.9. The normalized spacial score (nSPS) is 14.8. The van der Waals surface area contributed by atoms with Crippen LogP contribution in [0, 0.1) is 0 Å². The number of carbonyl (C=O) groups excluding carboxylic acids is 1. The molecule has 0 saturated carbocycles. The minimum atomic E-state index is 0.200. The van der Waals surface area contributed by atoms with Crippen molar-refractivity contribution in [1.82, 2.24) is 15.5 Å². The predicted octanol–water partition coefficient (Wildman–Crippen LogP) is 2.71. The number of piperazine rings is 1. The molecule has 2 N–H and O–H groups in total. The van der Waals surface area contributed by atoms with Gasteiger partial charge < -0.3 is 20.4 Å². The molecule has 29 heavy (non-hydrogen) atoms. The first-order valence-electron chi connectivity index (χ1n) is 10.3. The Bertz CT molecular complexity index is 797. The van der Waals surface area contributed by atoms with Crippen LogP contribution in [-0.2, 0) is 17.8 Å². The van der Waals surface area contributed by atoms with Crippen molar-refractivity contribution in [2.75, 3.05) is 44.7 Å². The van der Waals surface area contributed by atoms with E-state index in [2.05, 4.69) is 63.8 Å². The highest BCUT2D eigenvalue weighted by atomic mass is 32.1. The minimum absolute atomic E-state index is 0.200. The monoisotopic (exact) mass is 413 g/mol. The molecule has 156 valence electrons. The number of rotatable bonds is 7. The lowest BCUT2D eigenvalue weighted by Gasteiger charge is -2.36. The number of thiophene rings is 1. The number of hydrogen-bond acceptors (Lipinski definition) is 4. The number of benzene rings is 1. The SMILES string of the molecule is CCc1ccc(CNC(=NC)NCCC(=O)N2CCN(c3ccccc3)CC2)s1. The molecule has 2 heterocycles. The summed E-state index contributed by atoms with van der Waals surface area (Å²) >= 11 is 1.82. The van der Waals surface area contributed by atoms with Gasteiger partial charge in [-0.15, -0.1) is 11.3 Å². The molecule has 7 heteroatoms. The second-order valence-electron chi connectivity index (χ2n) is 7.03. The molecule has 1 amide bonds. The zero-order valence-electron chi connectivity index (χ0n) is 17.4. The van der Waals surface area contributed by atoms with Crippen LogP contribution in [0.5, 0.6) is 0 Å². The molecule has 0 unspecified atom stereocenters. The standard InChI is InChI=1S/C22H31N5OS/c1-3-19-9-10-20(29-19)17-25-22(23-2)24-12-11-21(28)27-15-13-26(14-16-27)18-7-5-4-6-8-18/h4-10H,3,11-17H2,1-2H3,(H2,23,24,25). The first-order valence-corrected chi connectivity index (χ1v) is 11.1. The van der Waals surface area contributed by atoms with E-state index in [1.165, 1.54) is 15.4 Å². The highest BCUT2D eigenvalue weighted by Gasteiger charge is 2.20. The van der Waals surface area contributed by atoms with Gasteiger partial charge in [-0.05, 0) is 30.7 Å². The fourth-order valence-corrected chi connectivity index (χ4v) is 4.30. The summed E-state index contributed by atoms with van der Waals surface area (Å²) in [5.41, 5.74) is 1.23. The summed E-state index contributed by atoms with van der Waals surface area (Å²) in [7, 11) is 1.76. The lowest BCUT2D eigenvalue weighted by Crippen LogP contribution is -2.49. The van der Waals surface area contributed by atoms with Gasteiger partial charge >= 0.3 is 0 Å². The Labute approximate surface area is 177 Å². The Balaban J connectivity index is 1.35. The van der Waals surface area contributed by atoms with Crippen molar-refractivity contribution < 1.29 is 4.79 Å². The molecule has 0 aliphatic carbocycles. The number of guanidine groups is 1. The van der Waals surface area contributed by atoms with Crippen molar-refractivity contribution in [2.24, 2.45) is 4.99 Å². The van der Waals surface area contributed by atoms with E-state index in [0.29, 0.717) is 13.0 Å². The van der Waals surface area contributed by atoms with Crippen LogP contribution >= 0.6 is 11.3 Å². The van der Waals surface area contributed by atoms with Crippen molar-refractivity contribution >= 4 is 28.9 Å². The lowest BCUT2D eigenvalue weighted by atomic mass is 10.2. The Morgan fingerprint density at radius 1 is 1.03 bits per heavy atom. The van der Waals surface area contributed by atoms with Crippen LogP contribution in [0.2, 0.25) is 0 Å². The minimum Gasteiger partial charge on any atom is -0.368 e. The molecule has 0 bridgehead atoms. The van der Waals surface area contributed by atoms with Gasteiger partial charge in [0.15, 0.2) is 5.96 Å². The largest absolute Gasteiger partial charge is 0.368 e. The third kappa shape index (κ3) is 6.22. The number of carbonyl (C=O) groups is 1. The van der Waals surface area contributed by atoms with Crippen LogP contribution in [0.3, 0.4) is 0 Å². The number of para-hydroxylation sites is 1. The van der Waals surface area contributed by atoms with Gasteiger partial charge in [-0.25, -0.2) is 0 Å². The molecule has 0 spiro atoms. The van der Waals surface area contributed by atoms with Gasteiger partial charge in [0, 0.05) is 61.6 Å². The molecule has 1 aliphatic heterocycles. The van der Waals surface area contributed by atoms with Gasteiger partial charge in [-0.2, -0.15) is 0 Å². The lowest BCUT2D eigenvalue weighted by molar-refractivity contribution is -0.131. The zero-order valence-corrected chi connectivity index (χ0v) is 18.2. The maximum absolute atomic E-state index is 12.5. The van der Waals surface area contributed by atoms with E-state index in [9.17, 15) is 4.79 Å². The summed E-state index contributed by atoms with van der Waals surface area (Å²) in [5.74, 6) is 0.935. The van der Waals surface area contributed by atoms with Gasteiger partial charge in [0.1, 0.15) is 0 Å². The maximum atomic E-state index is 12.5. The fraction of sp³-hybridized carbons (Fsp3) is 0.455. The van der Waals surface area contributed by atoms with Crippen molar-refractivity contribution in [2.45, 2.75) is 26.3 Å². The Kier molecular flexibility index (Phi) is 7.93. The van der Waals surface area contributed by atoms with Crippen LogP contribution in [-0.4, -0.2) is 56.5 Å². The quantitative estimate of drug-likeness (QED) is 0.541. The van der Waals surface area contributed by atoms with E-state index in [1.807, 2.05) is 22.3 Å². The average molecular weight is 414 g/mol. The summed E-state index contributed by atoms with van der Waals surface area (Å²) in [5, 5.41) is 6.57. The van der Waals surface area contributed by atoms with Gasteiger partial charge in [0.2, 0.25) is 5.91 Å². The molecular weight excluding hydrogens is 382 g/mol. The van der Waals surface area contributed by atoms with Gasteiger partial charge in [0.05, 0.1) is 6.54 Å². The van der Waals surface area contributed by atoms with E-state index in [1.54, 1.807) is 7.05 Å². The fourth-order valence-electron chi connectivity index (χ4n) is 3.40. The molecule has 2 aromatic rings. The topological polar surface area (TPSA) is 60.0 Å². The van der Waals surface area contributed by atoms with Crippen LogP contribution in [0.4, 0.5) is 5.69 Å². The van der Waals surface area contributed by atoms with Gasteiger partial charge in [-0.1, -0.05) is 25.1 Å². The van der Waals surface area contributed by atoms with Crippen LogP contribution < -0.4 is 15.5 Å². The molecule has 1 aromatic heterocycles. The number of nitrogens with zero attached hydrogens (tertiary/aromatic N) is 3. The van der Waals surface area contributed by atoms with E-state index in [-0.39, 0.29) is 5.91 Å². The zero-order chi connectivity index (χ0) is 20.5. The van der Waals surface area contributed by atoms with E-state index >= 15 is 0 Å².